The normalized spacial score (nSPS) is 19.6. The van der Waals surface area contributed by atoms with Crippen molar-refractivity contribution in [1.29, 1.82) is 0 Å². The van der Waals surface area contributed by atoms with Crippen LogP contribution in [0.3, 0.4) is 0 Å². The lowest BCUT2D eigenvalue weighted by atomic mass is 9.38. The van der Waals surface area contributed by atoms with Crippen LogP contribution >= 0.6 is 0 Å². The van der Waals surface area contributed by atoms with Gasteiger partial charge in [0.05, 0.1) is 0 Å². The first-order chi connectivity index (χ1) is 13.5. The van der Waals surface area contributed by atoms with Gasteiger partial charge in [-0.2, -0.15) is 0 Å². The number of hydrogen-bond donors (Lipinski definition) is 0. The molecule has 0 spiro atoms. The van der Waals surface area contributed by atoms with E-state index in [4.69, 9.17) is 0 Å². The Kier molecular flexibility index (Phi) is 4.04. The first kappa shape index (κ1) is 17.5. The molecule has 4 heteroatoms. The molecule has 5 rings (SSSR count). The number of fused-ring (bicyclic) bond motifs is 6. The summed E-state index contributed by atoms with van der Waals surface area (Å²) in [4.78, 5) is 4.87. The minimum absolute atomic E-state index is 0.247. The van der Waals surface area contributed by atoms with Crippen LogP contribution in [-0.2, 0) is 0 Å². The lowest BCUT2D eigenvalue weighted by Crippen LogP contribution is -2.61. The highest BCUT2D eigenvalue weighted by molar-refractivity contribution is 6.81. The highest BCUT2D eigenvalue weighted by atomic mass is 15.6. The van der Waals surface area contributed by atoms with Crippen molar-refractivity contribution in [1.82, 2.24) is 9.84 Å². The average molecular weight is 364 g/mol. The molecule has 138 valence electrons. The number of hydrazine groups is 1. The quantitative estimate of drug-likeness (QED) is 0.742. The summed E-state index contributed by atoms with van der Waals surface area (Å²) in [6.45, 7) is 9.59. The van der Waals surface area contributed by atoms with Crippen LogP contribution < -0.4 is 10.4 Å². The highest BCUT2D eigenvalue weighted by Crippen LogP contribution is 2.36. The van der Waals surface area contributed by atoms with E-state index in [1.165, 1.54) is 32.5 Å². The van der Waals surface area contributed by atoms with Crippen LogP contribution in [0.15, 0.2) is 82.6 Å². The molecule has 2 nitrogen and oxygen atoms in total. The Bertz CT molecular complexity index is 1010. The van der Waals surface area contributed by atoms with Gasteiger partial charge >= 0.3 is 13.7 Å². The maximum absolute atomic E-state index is 2.45. The molecule has 1 aromatic rings. The van der Waals surface area contributed by atoms with Crippen molar-refractivity contribution < 1.29 is 0 Å². The summed E-state index contributed by atoms with van der Waals surface area (Å²) in [5.41, 5.74) is 5.67. The van der Waals surface area contributed by atoms with Crippen molar-refractivity contribution in [2.24, 2.45) is 11.8 Å². The third kappa shape index (κ3) is 2.66. The second-order valence-electron chi connectivity index (χ2n) is 8.76. The fraction of sp³-hybridized carbons (Fsp3) is 0.250. The van der Waals surface area contributed by atoms with Gasteiger partial charge in [-0.05, 0) is 22.3 Å². The maximum atomic E-state index is 2.45. The Morgan fingerprint density at radius 2 is 1.07 bits per heavy atom. The Morgan fingerprint density at radius 3 is 1.46 bits per heavy atom. The lowest BCUT2D eigenvalue weighted by molar-refractivity contribution is 0.349. The molecule has 0 aliphatic carbocycles. The molecule has 0 unspecified atom stereocenters. The number of hydrogen-bond acceptors (Lipinski definition) is 2. The van der Waals surface area contributed by atoms with Crippen molar-refractivity contribution in [3.05, 3.63) is 93.0 Å². The molecule has 4 heterocycles. The molecule has 0 radical (unpaired) electrons. The van der Waals surface area contributed by atoms with Crippen molar-refractivity contribution in [2.45, 2.75) is 27.7 Å². The Labute approximate surface area is 168 Å². The number of rotatable bonds is 2. The van der Waals surface area contributed by atoms with Crippen molar-refractivity contribution in [2.75, 3.05) is 0 Å². The summed E-state index contributed by atoms with van der Waals surface area (Å²) in [5.74, 6) is 5.96. The first-order valence-corrected chi connectivity index (χ1v) is 10.4. The van der Waals surface area contributed by atoms with Crippen LogP contribution in [0.25, 0.3) is 12.4 Å². The third-order valence-electron chi connectivity index (χ3n) is 6.29. The standard InChI is InChI=1S/C24H26B2N2/c1-17(2)19-9-11-23-24-12-10-20(18(3)4)14-26(24)28-16-22-8-6-5-7-21(22)15-27(28)25(23)13-19/h5-18H,1-4H3. The van der Waals surface area contributed by atoms with E-state index in [1.54, 1.807) is 0 Å². The van der Waals surface area contributed by atoms with E-state index in [2.05, 4.69) is 110 Å². The van der Waals surface area contributed by atoms with Crippen LogP contribution in [0.2, 0.25) is 0 Å². The fourth-order valence-electron chi connectivity index (χ4n) is 4.58. The predicted octanol–water partition coefficient (Wildman–Crippen LogP) is 3.45. The maximum Gasteiger partial charge on any atom is 0.336 e. The zero-order valence-corrected chi connectivity index (χ0v) is 17.1. The molecule has 1 aromatic carbocycles. The summed E-state index contributed by atoms with van der Waals surface area (Å²) >= 11 is 0. The summed E-state index contributed by atoms with van der Waals surface area (Å²) in [5, 5.41) is 2.57. The first-order valence-electron chi connectivity index (χ1n) is 10.4. The number of benzene rings is 1. The van der Waals surface area contributed by atoms with E-state index in [0.717, 1.165) is 0 Å². The van der Waals surface area contributed by atoms with E-state index in [0.29, 0.717) is 11.8 Å². The van der Waals surface area contributed by atoms with Crippen LogP contribution in [0.1, 0.15) is 27.7 Å². The molecule has 4 aliphatic rings. The molecule has 0 bridgehead atoms. The number of nitrogens with zero attached hydrogens (tertiary/aromatic N) is 2. The van der Waals surface area contributed by atoms with Crippen molar-refractivity contribution >= 4 is 26.1 Å². The van der Waals surface area contributed by atoms with Crippen LogP contribution in [0, 0.1) is 11.8 Å². The summed E-state index contributed by atoms with van der Waals surface area (Å²) < 4.78 is 0. The van der Waals surface area contributed by atoms with Gasteiger partial charge in [0.25, 0.3) is 0 Å². The molecule has 0 saturated carbocycles. The second kappa shape index (κ2) is 6.48. The van der Waals surface area contributed by atoms with Crippen LogP contribution in [0.5, 0.6) is 0 Å². The Balaban J connectivity index is 1.72. The fourth-order valence-corrected chi connectivity index (χ4v) is 4.58. The van der Waals surface area contributed by atoms with E-state index >= 15 is 0 Å². The van der Waals surface area contributed by atoms with E-state index in [1.807, 2.05) is 0 Å². The smallest absolute Gasteiger partial charge is 0.336 e. The van der Waals surface area contributed by atoms with Crippen molar-refractivity contribution in [3.63, 3.8) is 0 Å². The van der Waals surface area contributed by atoms with E-state index in [9.17, 15) is 0 Å². The summed E-state index contributed by atoms with van der Waals surface area (Å²) in [6, 6.07) is 8.68. The molecule has 0 fully saturated rings. The van der Waals surface area contributed by atoms with Gasteiger partial charge in [0, 0.05) is 12.4 Å². The molecule has 0 amide bonds. The molecule has 28 heavy (non-hydrogen) atoms. The highest BCUT2D eigenvalue weighted by Gasteiger charge is 2.43. The number of allylic oxidation sites excluding steroid dienone is 8. The molecule has 0 atom stereocenters. The van der Waals surface area contributed by atoms with E-state index in [-0.39, 0.29) is 13.7 Å². The molecule has 0 N–H and O–H groups in total. The topological polar surface area (TPSA) is 6.48 Å². The summed E-state index contributed by atoms with van der Waals surface area (Å²) in [7, 11) is 0. The van der Waals surface area contributed by atoms with E-state index < -0.39 is 0 Å². The van der Waals surface area contributed by atoms with Crippen LogP contribution in [0.4, 0.5) is 0 Å². The lowest BCUT2D eigenvalue weighted by Gasteiger charge is -2.48. The van der Waals surface area contributed by atoms with Gasteiger partial charge in [0.2, 0.25) is 0 Å². The predicted molar refractivity (Wildman–Crippen MR) is 121 cm³/mol. The van der Waals surface area contributed by atoms with Gasteiger partial charge in [-0.1, -0.05) is 110 Å². The molecular weight excluding hydrogens is 338 g/mol. The van der Waals surface area contributed by atoms with Gasteiger partial charge in [-0.3, -0.25) is 0 Å². The minimum Gasteiger partial charge on any atom is -0.336 e. The van der Waals surface area contributed by atoms with Crippen LogP contribution in [-0.4, -0.2) is 23.5 Å². The van der Waals surface area contributed by atoms with Gasteiger partial charge in [-0.25, -0.2) is 0 Å². The Hall–Kier alpha value is -2.61. The zero-order chi connectivity index (χ0) is 19.4. The van der Waals surface area contributed by atoms with Gasteiger partial charge in [0.1, 0.15) is 0 Å². The van der Waals surface area contributed by atoms with Gasteiger partial charge < -0.3 is 9.84 Å². The third-order valence-corrected chi connectivity index (χ3v) is 6.29. The molecular formula is C24H26B2N2. The average Bonchev–Trinajstić information content (AvgIpc) is 2.71. The van der Waals surface area contributed by atoms with Crippen molar-refractivity contribution in [3.8, 4) is 0 Å². The van der Waals surface area contributed by atoms with Gasteiger partial charge in [-0.15, -0.1) is 0 Å². The monoisotopic (exact) mass is 364 g/mol. The molecule has 0 aromatic heterocycles. The molecule has 0 saturated heterocycles. The zero-order valence-electron chi connectivity index (χ0n) is 17.1. The second-order valence-corrected chi connectivity index (χ2v) is 8.76. The minimum atomic E-state index is 0.247. The SMILES string of the molecule is CC(C)C1=CB2C(=C3C=CC(C(C)C)=CB3N3C=c4ccccc4=CN23)C=C1. The Morgan fingerprint density at radius 1 is 0.643 bits per heavy atom. The largest absolute Gasteiger partial charge is 0.336 e. The summed E-state index contributed by atoms with van der Waals surface area (Å²) in [6.07, 6.45) is 14.0. The molecule has 4 aliphatic heterocycles. The van der Waals surface area contributed by atoms with Gasteiger partial charge in [0.15, 0.2) is 0 Å².